The van der Waals surface area contributed by atoms with Gasteiger partial charge in [-0.1, -0.05) is 191 Å². The molecule has 2 unspecified atom stereocenters. The number of ether oxygens (including phenoxy) is 2. The van der Waals surface area contributed by atoms with E-state index in [1.54, 1.807) is 0 Å². The second kappa shape index (κ2) is 46.5. The largest absolute Gasteiger partial charge is 0.472 e. The van der Waals surface area contributed by atoms with Gasteiger partial charge in [-0.15, -0.1) is 0 Å². The Hall–Kier alpha value is -1.54. The highest BCUT2D eigenvalue weighted by Crippen LogP contribution is 2.43. The molecule has 0 amide bonds. The third kappa shape index (κ3) is 45.5. The van der Waals surface area contributed by atoms with Crippen LogP contribution in [0.2, 0.25) is 0 Å². The first-order valence-corrected chi connectivity index (χ1v) is 25.6. The zero-order valence-electron chi connectivity index (χ0n) is 37.8. The van der Waals surface area contributed by atoms with Crippen LogP contribution in [-0.4, -0.2) is 49.9 Å². The van der Waals surface area contributed by atoms with Crippen LogP contribution in [0.5, 0.6) is 0 Å². The second-order valence-electron chi connectivity index (χ2n) is 16.0. The average Bonchev–Trinajstić information content (AvgIpc) is 3.21. The Morgan fingerprint density at radius 2 is 0.948 bits per heavy atom. The lowest BCUT2D eigenvalue weighted by Crippen LogP contribution is -2.28. The number of phosphoric acid groups is 1. The van der Waals surface area contributed by atoms with E-state index in [0.29, 0.717) is 13.0 Å². The Kier molecular flexibility index (Phi) is 45.3. The SMILES string of the molecule is CCC/C=C\C/C=C\CCCCCCCCOCC(COP(=O)(O)OCCN)OC(=O)CCCCCCCCCCCCCCC/C=C\C/C=C\CCCCCCC. The van der Waals surface area contributed by atoms with Gasteiger partial charge < -0.3 is 20.1 Å². The highest BCUT2D eigenvalue weighted by molar-refractivity contribution is 7.47. The van der Waals surface area contributed by atoms with E-state index >= 15 is 0 Å². The number of carbonyl (C=O) groups is 1. The van der Waals surface area contributed by atoms with Gasteiger partial charge in [0.15, 0.2) is 0 Å². The predicted octanol–water partition coefficient (Wildman–Crippen LogP) is 14.8. The van der Waals surface area contributed by atoms with Gasteiger partial charge in [-0.2, -0.15) is 0 Å². The highest BCUT2D eigenvalue weighted by Gasteiger charge is 2.25. The molecule has 0 aromatic heterocycles. The summed E-state index contributed by atoms with van der Waals surface area (Å²) >= 11 is 0. The summed E-state index contributed by atoms with van der Waals surface area (Å²) in [7, 11) is -4.28. The van der Waals surface area contributed by atoms with Crippen LogP contribution in [0.15, 0.2) is 48.6 Å². The molecule has 8 nitrogen and oxygen atoms in total. The van der Waals surface area contributed by atoms with Crippen LogP contribution >= 0.6 is 7.82 Å². The fourth-order valence-electron chi connectivity index (χ4n) is 6.65. The second-order valence-corrected chi connectivity index (χ2v) is 17.4. The number of esters is 1. The lowest BCUT2D eigenvalue weighted by Gasteiger charge is -2.20. The van der Waals surface area contributed by atoms with Gasteiger partial charge in [-0.05, 0) is 70.6 Å². The number of nitrogens with two attached hydrogens (primary N) is 1. The Labute approximate surface area is 358 Å². The summed E-state index contributed by atoms with van der Waals surface area (Å²) < 4.78 is 33.5. The van der Waals surface area contributed by atoms with Crippen LogP contribution in [0.25, 0.3) is 0 Å². The van der Waals surface area contributed by atoms with Crippen LogP contribution in [0.1, 0.15) is 219 Å². The molecular formula is C49H92NO7P. The van der Waals surface area contributed by atoms with Crippen LogP contribution in [0.3, 0.4) is 0 Å². The van der Waals surface area contributed by atoms with E-state index in [0.717, 1.165) is 64.2 Å². The van der Waals surface area contributed by atoms with E-state index in [9.17, 15) is 14.3 Å². The predicted molar refractivity (Wildman–Crippen MR) is 247 cm³/mol. The zero-order valence-corrected chi connectivity index (χ0v) is 38.7. The summed E-state index contributed by atoms with van der Waals surface area (Å²) in [4.78, 5) is 22.5. The lowest BCUT2D eigenvalue weighted by molar-refractivity contribution is -0.154. The fraction of sp³-hybridized carbons (Fsp3) is 0.816. The first-order chi connectivity index (χ1) is 28.4. The van der Waals surface area contributed by atoms with Gasteiger partial charge >= 0.3 is 13.8 Å². The van der Waals surface area contributed by atoms with E-state index in [4.69, 9.17) is 24.3 Å². The molecule has 0 spiro atoms. The van der Waals surface area contributed by atoms with Gasteiger partial charge in [-0.3, -0.25) is 13.8 Å². The molecule has 9 heteroatoms. The first kappa shape index (κ1) is 56.5. The van der Waals surface area contributed by atoms with E-state index < -0.39 is 13.9 Å². The number of unbranched alkanes of at least 4 members (excludes halogenated alkanes) is 25. The van der Waals surface area contributed by atoms with Crippen LogP contribution in [0.4, 0.5) is 0 Å². The smallest absolute Gasteiger partial charge is 0.457 e. The van der Waals surface area contributed by atoms with Gasteiger partial charge in [0.2, 0.25) is 0 Å². The van der Waals surface area contributed by atoms with Crippen molar-refractivity contribution in [1.29, 1.82) is 0 Å². The summed E-state index contributed by atoms with van der Waals surface area (Å²) in [5.41, 5.74) is 5.38. The minimum atomic E-state index is -4.28. The molecule has 0 saturated carbocycles. The summed E-state index contributed by atoms with van der Waals surface area (Å²) in [5.74, 6) is -0.335. The molecule has 58 heavy (non-hydrogen) atoms. The molecule has 0 aliphatic rings. The van der Waals surface area contributed by atoms with E-state index in [1.165, 1.54) is 135 Å². The molecule has 2 atom stereocenters. The van der Waals surface area contributed by atoms with Crippen LogP contribution < -0.4 is 5.73 Å². The van der Waals surface area contributed by atoms with Crippen molar-refractivity contribution in [3.8, 4) is 0 Å². The summed E-state index contributed by atoms with van der Waals surface area (Å²) in [6, 6.07) is 0. The minimum absolute atomic E-state index is 0.0975. The quantitative estimate of drug-likeness (QED) is 0.0269. The van der Waals surface area contributed by atoms with E-state index in [1.807, 2.05) is 0 Å². The molecule has 0 bridgehead atoms. The molecule has 0 aromatic rings. The Balaban J connectivity index is 3.92. The van der Waals surface area contributed by atoms with Gasteiger partial charge in [0, 0.05) is 19.6 Å². The van der Waals surface area contributed by atoms with Crippen LogP contribution in [-0.2, 0) is 27.9 Å². The maximum absolute atomic E-state index is 12.6. The van der Waals surface area contributed by atoms with E-state index in [-0.39, 0.29) is 32.3 Å². The van der Waals surface area contributed by atoms with Crippen molar-refractivity contribution in [1.82, 2.24) is 0 Å². The first-order valence-electron chi connectivity index (χ1n) is 24.1. The summed E-state index contributed by atoms with van der Waals surface area (Å²) in [5, 5.41) is 0. The molecule has 0 heterocycles. The van der Waals surface area contributed by atoms with Crippen molar-refractivity contribution in [3.05, 3.63) is 48.6 Å². The van der Waals surface area contributed by atoms with Crippen molar-refractivity contribution in [2.24, 2.45) is 5.73 Å². The third-order valence-corrected chi connectivity index (χ3v) is 11.2. The molecule has 0 rings (SSSR count). The van der Waals surface area contributed by atoms with Gasteiger partial charge in [0.05, 0.1) is 19.8 Å². The highest BCUT2D eigenvalue weighted by atomic mass is 31.2. The van der Waals surface area contributed by atoms with Gasteiger partial charge in [0.25, 0.3) is 0 Å². The molecule has 0 aromatic carbocycles. The number of phosphoric ester groups is 1. The Bertz CT molecular complexity index is 1030. The molecule has 3 N–H and O–H groups in total. The molecule has 0 aliphatic heterocycles. The molecule has 0 radical (unpaired) electrons. The monoisotopic (exact) mass is 838 g/mol. The normalized spacial score (nSPS) is 13.8. The zero-order chi connectivity index (χ0) is 42.3. The van der Waals surface area contributed by atoms with Crippen molar-refractivity contribution in [3.63, 3.8) is 0 Å². The number of hydrogen-bond donors (Lipinski definition) is 2. The Morgan fingerprint density at radius 1 is 0.517 bits per heavy atom. The average molecular weight is 838 g/mol. The number of rotatable bonds is 46. The molecule has 0 fully saturated rings. The third-order valence-electron chi connectivity index (χ3n) is 10.2. The van der Waals surface area contributed by atoms with Gasteiger partial charge in [0.1, 0.15) is 6.10 Å². The molecule has 340 valence electrons. The lowest BCUT2D eigenvalue weighted by atomic mass is 10.0. The fourth-order valence-corrected chi connectivity index (χ4v) is 7.42. The standard InChI is InChI=1S/C49H92NO7P/c1-3-5-7-9-11-13-15-17-19-20-21-22-23-24-25-26-27-28-29-30-32-34-36-38-40-42-49(51)57-48(47-56-58(52,53)55-45-43-50)46-54-44-41-39-37-35-33-31-18-16-14-12-10-8-6-4-2/h8,10,14-17,20-21,48H,3-7,9,11-13,18-19,22-47,50H2,1-2H3,(H,52,53)/b10-8-,16-14-,17-15-,21-20-. The Morgan fingerprint density at radius 3 is 1.41 bits per heavy atom. The van der Waals surface area contributed by atoms with Crippen LogP contribution in [0, 0.1) is 0 Å². The molecular weight excluding hydrogens is 746 g/mol. The summed E-state index contributed by atoms with van der Waals surface area (Å²) in [6.45, 7) is 4.84. The topological polar surface area (TPSA) is 117 Å². The van der Waals surface area contributed by atoms with Crippen molar-refractivity contribution < 1.29 is 32.8 Å². The number of hydrogen-bond acceptors (Lipinski definition) is 7. The summed E-state index contributed by atoms with van der Waals surface area (Å²) in [6.07, 6.45) is 55.7. The molecule has 0 aliphatic carbocycles. The molecule has 0 saturated heterocycles. The van der Waals surface area contributed by atoms with Crippen molar-refractivity contribution in [2.45, 2.75) is 225 Å². The van der Waals surface area contributed by atoms with Gasteiger partial charge in [-0.25, -0.2) is 4.57 Å². The van der Waals surface area contributed by atoms with Crippen molar-refractivity contribution in [2.75, 3.05) is 33.0 Å². The maximum atomic E-state index is 12.6. The minimum Gasteiger partial charge on any atom is -0.457 e. The van der Waals surface area contributed by atoms with Crippen molar-refractivity contribution >= 4 is 13.8 Å². The number of allylic oxidation sites excluding steroid dienone is 8. The maximum Gasteiger partial charge on any atom is 0.472 e. The van der Waals surface area contributed by atoms with E-state index in [2.05, 4.69) is 62.5 Å². The number of carbonyl (C=O) groups excluding carboxylic acids is 1.